The van der Waals surface area contributed by atoms with Gasteiger partial charge in [0.1, 0.15) is 0 Å². The molecular formula is H8La2O4. The van der Waals surface area contributed by atoms with Crippen LogP contribution in [-0.4, -0.2) is 21.9 Å². The molecule has 0 spiro atoms. The number of rotatable bonds is 0. The van der Waals surface area contributed by atoms with Gasteiger partial charge in [-0.3, -0.25) is 0 Å². The summed E-state index contributed by atoms with van der Waals surface area (Å²) in [5.41, 5.74) is 0. The van der Waals surface area contributed by atoms with Gasteiger partial charge < -0.3 is 21.9 Å². The van der Waals surface area contributed by atoms with Crippen LogP contribution in [-0.2, 0) is 0 Å². The Kier molecular flexibility index (Phi) is 814. The Hall–Kier alpha value is 2.23. The molecule has 0 rings (SSSR count). The van der Waals surface area contributed by atoms with Gasteiger partial charge in [-0.05, 0) is 0 Å². The van der Waals surface area contributed by atoms with Crippen molar-refractivity contribution in [2.24, 2.45) is 0 Å². The van der Waals surface area contributed by atoms with Crippen LogP contribution in [0.3, 0.4) is 0 Å². The maximum Gasteiger partial charge on any atom is 0 e. The molecule has 0 fully saturated rings. The third kappa shape index (κ3) is 34.3. The molecule has 38 valence electrons. The molecule has 0 saturated carbocycles. The van der Waals surface area contributed by atoms with Crippen molar-refractivity contribution in [1.82, 2.24) is 0 Å². The second kappa shape index (κ2) is 56.4. The summed E-state index contributed by atoms with van der Waals surface area (Å²) in [6.07, 6.45) is 0. The first-order chi connectivity index (χ1) is 0. The van der Waals surface area contributed by atoms with Crippen LogP contribution in [0.15, 0.2) is 0 Å². The minimum atomic E-state index is 0. The van der Waals surface area contributed by atoms with Crippen molar-refractivity contribution < 1.29 is 93.1 Å². The molecule has 0 bridgehead atoms. The fourth-order valence-corrected chi connectivity index (χ4v) is 0. The summed E-state index contributed by atoms with van der Waals surface area (Å²) in [6.45, 7) is 0. The van der Waals surface area contributed by atoms with Crippen molar-refractivity contribution in [3.05, 3.63) is 0 Å². The molecule has 0 saturated heterocycles. The van der Waals surface area contributed by atoms with Crippen LogP contribution >= 0.6 is 0 Å². The molecule has 0 aliphatic rings. The normalized spacial score (nSPS) is 0. The molecule has 2 radical (unpaired) electrons. The minimum absolute atomic E-state index is 0. The van der Waals surface area contributed by atoms with Gasteiger partial charge in [0.2, 0.25) is 0 Å². The second-order valence-electron chi connectivity index (χ2n) is 0. The van der Waals surface area contributed by atoms with Crippen molar-refractivity contribution in [1.29, 1.82) is 0 Å². The van der Waals surface area contributed by atoms with Gasteiger partial charge in [0.05, 0.1) is 0 Å². The zero-order chi connectivity index (χ0) is 0. The van der Waals surface area contributed by atoms with Crippen molar-refractivity contribution in [3.63, 3.8) is 0 Å². The van der Waals surface area contributed by atoms with Gasteiger partial charge in [0.15, 0.2) is 0 Å². The van der Waals surface area contributed by atoms with Crippen molar-refractivity contribution in [2.75, 3.05) is 0 Å². The monoisotopic (exact) mass is 350 g/mol. The fourth-order valence-electron chi connectivity index (χ4n) is 0. The molecule has 0 aliphatic heterocycles. The molecule has 4 nitrogen and oxygen atoms in total. The molecule has 0 aliphatic carbocycles. The molecule has 0 aromatic carbocycles. The van der Waals surface area contributed by atoms with E-state index in [0.29, 0.717) is 0 Å². The average Bonchev–Trinajstić information content (AvgIpc) is 0. The summed E-state index contributed by atoms with van der Waals surface area (Å²) in [5.74, 6) is 0. The summed E-state index contributed by atoms with van der Waals surface area (Å²) in [5, 5.41) is 0. The molecule has 6 heteroatoms. The van der Waals surface area contributed by atoms with Crippen molar-refractivity contribution in [2.45, 2.75) is 0 Å². The van der Waals surface area contributed by atoms with E-state index in [-0.39, 0.29) is 93.1 Å². The maximum absolute atomic E-state index is 0. The third-order valence-corrected chi connectivity index (χ3v) is 0. The average molecular weight is 350 g/mol. The van der Waals surface area contributed by atoms with Crippen LogP contribution in [0.25, 0.3) is 0 Å². The van der Waals surface area contributed by atoms with E-state index < -0.39 is 0 Å². The first-order valence-electron chi connectivity index (χ1n) is 0. The summed E-state index contributed by atoms with van der Waals surface area (Å²) in [6, 6.07) is 0. The van der Waals surface area contributed by atoms with Gasteiger partial charge in [0, 0.05) is 71.2 Å². The van der Waals surface area contributed by atoms with Crippen LogP contribution in [0.1, 0.15) is 0 Å². The SMILES string of the molecule is O.O.O.O.[La].[La]. The first kappa shape index (κ1) is 86.5. The number of hydrogen-bond donors (Lipinski definition) is 0. The van der Waals surface area contributed by atoms with E-state index >= 15 is 0 Å². The molecule has 6 heavy (non-hydrogen) atoms. The predicted octanol–water partition coefficient (Wildman–Crippen LogP) is -3.30. The molecule has 0 aromatic heterocycles. The van der Waals surface area contributed by atoms with E-state index in [1.54, 1.807) is 0 Å². The quantitative estimate of drug-likeness (QED) is 0.434. The Balaban J connectivity index is 0. The topological polar surface area (TPSA) is 126 Å². The van der Waals surface area contributed by atoms with Crippen LogP contribution < -0.4 is 0 Å². The van der Waals surface area contributed by atoms with Gasteiger partial charge in [0.25, 0.3) is 0 Å². The van der Waals surface area contributed by atoms with E-state index in [1.807, 2.05) is 0 Å². The molecule has 0 atom stereocenters. The van der Waals surface area contributed by atoms with Crippen LogP contribution in [0.4, 0.5) is 0 Å². The molecule has 0 amide bonds. The molecule has 0 unspecified atom stereocenters. The Morgan fingerprint density at radius 1 is 0.333 bits per heavy atom. The third-order valence-electron chi connectivity index (χ3n) is 0. The minimum Gasteiger partial charge on any atom is -0.412 e. The number of hydrogen-bond acceptors (Lipinski definition) is 0. The van der Waals surface area contributed by atoms with Gasteiger partial charge in [-0.2, -0.15) is 0 Å². The van der Waals surface area contributed by atoms with Gasteiger partial charge in [-0.15, -0.1) is 0 Å². The zero-order valence-electron chi connectivity index (χ0n) is 3.15. The van der Waals surface area contributed by atoms with E-state index in [4.69, 9.17) is 0 Å². The smallest absolute Gasteiger partial charge is 0 e. The van der Waals surface area contributed by atoms with Gasteiger partial charge in [-0.25, -0.2) is 0 Å². The van der Waals surface area contributed by atoms with Crippen LogP contribution in [0.5, 0.6) is 0 Å². The van der Waals surface area contributed by atoms with Gasteiger partial charge >= 0.3 is 0 Å². The van der Waals surface area contributed by atoms with Gasteiger partial charge in [-0.1, -0.05) is 0 Å². The Bertz CT molecular complexity index is 5.51. The Morgan fingerprint density at radius 2 is 0.333 bits per heavy atom. The van der Waals surface area contributed by atoms with E-state index in [2.05, 4.69) is 0 Å². The fraction of sp³-hybridized carbons (Fsp3) is 0. The molecule has 8 N–H and O–H groups in total. The molecule has 0 aromatic rings. The maximum atomic E-state index is 0. The van der Waals surface area contributed by atoms with Crippen LogP contribution in [0, 0.1) is 71.2 Å². The standard InChI is InChI=1S/2La.4H2O/h;;4*1H2. The molecule has 0 heterocycles. The Labute approximate surface area is 91.5 Å². The Morgan fingerprint density at radius 3 is 0.333 bits per heavy atom. The van der Waals surface area contributed by atoms with Crippen molar-refractivity contribution in [3.8, 4) is 0 Å². The van der Waals surface area contributed by atoms with E-state index in [9.17, 15) is 0 Å². The van der Waals surface area contributed by atoms with Crippen LogP contribution in [0.2, 0.25) is 0 Å². The van der Waals surface area contributed by atoms with E-state index in [0.717, 1.165) is 0 Å². The van der Waals surface area contributed by atoms with E-state index in [1.165, 1.54) is 0 Å². The predicted molar refractivity (Wildman–Crippen MR) is 14.5 cm³/mol. The molecular weight excluding hydrogens is 342 g/mol. The van der Waals surface area contributed by atoms with Crippen molar-refractivity contribution >= 4 is 0 Å². The second-order valence-corrected chi connectivity index (χ2v) is 0. The largest absolute Gasteiger partial charge is 0.412 e. The summed E-state index contributed by atoms with van der Waals surface area (Å²) >= 11 is 0. The summed E-state index contributed by atoms with van der Waals surface area (Å²) < 4.78 is 0. The first-order valence-corrected chi connectivity index (χ1v) is 0. The summed E-state index contributed by atoms with van der Waals surface area (Å²) in [4.78, 5) is 0. The zero-order valence-corrected chi connectivity index (χ0v) is 10.4. The summed E-state index contributed by atoms with van der Waals surface area (Å²) in [7, 11) is 0.